The third-order valence-corrected chi connectivity index (χ3v) is 3.43. The van der Waals surface area contributed by atoms with Gasteiger partial charge in [-0.25, -0.2) is 4.39 Å². The monoisotopic (exact) mass is 339 g/mol. The van der Waals surface area contributed by atoms with Gasteiger partial charge in [-0.2, -0.15) is 0 Å². The number of methoxy groups -OCH3 is 1. The first-order valence-corrected chi connectivity index (χ1v) is 6.87. The van der Waals surface area contributed by atoms with E-state index >= 15 is 0 Å². The number of hydrogen-bond donors (Lipinski definition) is 1. The summed E-state index contributed by atoms with van der Waals surface area (Å²) < 4.78 is 24.8. The van der Waals surface area contributed by atoms with Crippen molar-refractivity contribution < 1.29 is 13.9 Å². The van der Waals surface area contributed by atoms with E-state index in [1.807, 2.05) is 19.1 Å². The molecule has 0 fully saturated rings. The average molecular weight is 340 g/mol. The quantitative estimate of drug-likeness (QED) is 0.897. The van der Waals surface area contributed by atoms with Crippen LogP contribution in [0.2, 0.25) is 0 Å². The lowest BCUT2D eigenvalue weighted by Crippen LogP contribution is -2.08. The summed E-state index contributed by atoms with van der Waals surface area (Å²) in [5.41, 5.74) is 6.74. The largest absolute Gasteiger partial charge is 0.496 e. The molecule has 0 aliphatic heterocycles. The molecule has 0 aliphatic rings. The molecule has 0 unspecified atom stereocenters. The van der Waals surface area contributed by atoms with Crippen molar-refractivity contribution in [1.29, 1.82) is 0 Å². The molecule has 0 radical (unpaired) electrons. The van der Waals surface area contributed by atoms with Gasteiger partial charge in [0.1, 0.15) is 23.1 Å². The minimum absolute atomic E-state index is 0.250. The Morgan fingerprint density at radius 2 is 1.85 bits per heavy atom. The van der Waals surface area contributed by atoms with E-state index in [1.54, 1.807) is 19.2 Å². The Hall–Kier alpha value is -1.59. The van der Waals surface area contributed by atoms with Gasteiger partial charge in [0.15, 0.2) is 0 Å². The van der Waals surface area contributed by atoms with Gasteiger partial charge in [0.2, 0.25) is 0 Å². The Labute approximate surface area is 125 Å². The van der Waals surface area contributed by atoms with E-state index in [9.17, 15) is 4.39 Å². The van der Waals surface area contributed by atoms with Crippen LogP contribution in [0.5, 0.6) is 17.2 Å². The molecule has 0 saturated heterocycles. The zero-order valence-electron chi connectivity index (χ0n) is 11.2. The molecule has 0 heterocycles. The normalized spacial score (nSPS) is 12.1. The van der Waals surface area contributed by atoms with Crippen LogP contribution in [0, 0.1) is 5.82 Å². The molecule has 0 spiro atoms. The third kappa shape index (κ3) is 3.11. The van der Waals surface area contributed by atoms with E-state index in [-0.39, 0.29) is 11.9 Å². The Morgan fingerprint density at radius 3 is 2.45 bits per heavy atom. The van der Waals surface area contributed by atoms with Crippen molar-refractivity contribution in [2.24, 2.45) is 5.73 Å². The van der Waals surface area contributed by atoms with Crippen LogP contribution in [0.3, 0.4) is 0 Å². The number of ether oxygens (including phenoxy) is 2. The minimum Gasteiger partial charge on any atom is -0.496 e. The van der Waals surface area contributed by atoms with E-state index < -0.39 is 0 Å². The zero-order valence-corrected chi connectivity index (χ0v) is 12.8. The number of halogens is 2. The minimum atomic E-state index is -0.331. The molecule has 0 aliphatic carbocycles. The lowest BCUT2D eigenvalue weighted by molar-refractivity contribution is 0.397. The smallest absolute Gasteiger partial charge is 0.141 e. The van der Waals surface area contributed by atoms with Gasteiger partial charge in [-0.15, -0.1) is 0 Å². The predicted octanol–water partition coefficient (Wildman–Crippen LogP) is 4.41. The Bertz CT molecular complexity index is 617. The summed E-state index contributed by atoms with van der Waals surface area (Å²) in [7, 11) is 1.58. The summed E-state index contributed by atoms with van der Waals surface area (Å²) in [5.74, 6) is 1.44. The lowest BCUT2D eigenvalue weighted by Gasteiger charge is -2.17. The van der Waals surface area contributed by atoms with E-state index in [4.69, 9.17) is 15.2 Å². The Kier molecular flexibility index (Phi) is 4.62. The molecule has 3 nitrogen and oxygen atoms in total. The summed E-state index contributed by atoms with van der Waals surface area (Å²) in [5, 5.41) is 0. The van der Waals surface area contributed by atoms with Crippen molar-refractivity contribution in [2.45, 2.75) is 13.0 Å². The summed E-state index contributed by atoms with van der Waals surface area (Å²) >= 11 is 3.27. The highest BCUT2D eigenvalue weighted by atomic mass is 79.9. The standard InChI is InChI=1S/C15H15BrFNO2/c1-9(18)15-13(19-2)4-3-5-14(15)20-12-7-6-10(17)8-11(12)16/h3-9H,18H2,1-2H3/t9-/m0/s1. The second-order valence-electron chi connectivity index (χ2n) is 4.34. The maximum Gasteiger partial charge on any atom is 0.141 e. The van der Waals surface area contributed by atoms with Gasteiger partial charge in [-0.3, -0.25) is 0 Å². The van der Waals surface area contributed by atoms with Crippen LogP contribution >= 0.6 is 15.9 Å². The van der Waals surface area contributed by atoms with Crippen molar-refractivity contribution in [3.63, 3.8) is 0 Å². The number of nitrogens with two attached hydrogens (primary N) is 1. The van der Waals surface area contributed by atoms with Crippen molar-refractivity contribution in [2.75, 3.05) is 7.11 Å². The number of rotatable bonds is 4. The molecule has 2 N–H and O–H groups in total. The van der Waals surface area contributed by atoms with Crippen molar-refractivity contribution in [3.8, 4) is 17.2 Å². The molecular formula is C15H15BrFNO2. The molecule has 5 heteroatoms. The van der Waals surface area contributed by atoms with Gasteiger partial charge in [0.25, 0.3) is 0 Å². The summed E-state index contributed by atoms with van der Waals surface area (Å²) in [4.78, 5) is 0. The maximum atomic E-state index is 13.1. The fourth-order valence-corrected chi connectivity index (χ4v) is 2.35. The van der Waals surface area contributed by atoms with Gasteiger partial charge in [0.05, 0.1) is 17.1 Å². The third-order valence-electron chi connectivity index (χ3n) is 2.82. The zero-order chi connectivity index (χ0) is 14.7. The first kappa shape index (κ1) is 14.8. The van der Waals surface area contributed by atoms with Crippen LogP contribution in [0.4, 0.5) is 4.39 Å². The molecular weight excluding hydrogens is 325 g/mol. The van der Waals surface area contributed by atoms with Gasteiger partial charge >= 0.3 is 0 Å². The predicted molar refractivity (Wildman–Crippen MR) is 79.8 cm³/mol. The molecule has 2 rings (SSSR count). The van der Waals surface area contributed by atoms with Crippen molar-refractivity contribution in [1.82, 2.24) is 0 Å². The summed E-state index contributed by atoms with van der Waals surface area (Å²) in [6.07, 6.45) is 0. The van der Waals surface area contributed by atoms with Crippen LogP contribution < -0.4 is 15.2 Å². The highest BCUT2D eigenvalue weighted by molar-refractivity contribution is 9.10. The SMILES string of the molecule is COc1cccc(Oc2ccc(F)cc2Br)c1[C@H](C)N. The first-order chi connectivity index (χ1) is 9.52. The number of hydrogen-bond acceptors (Lipinski definition) is 3. The lowest BCUT2D eigenvalue weighted by atomic mass is 10.1. The summed E-state index contributed by atoms with van der Waals surface area (Å²) in [6, 6.07) is 9.44. The Balaban J connectivity index is 2.43. The highest BCUT2D eigenvalue weighted by Gasteiger charge is 2.15. The van der Waals surface area contributed by atoms with Crippen LogP contribution in [0.15, 0.2) is 40.9 Å². The molecule has 2 aromatic rings. The van der Waals surface area contributed by atoms with Gasteiger partial charge < -0.3 is 15.2 Å². The van der Waals surface area contributed by atoms with E-state index in [1.165, 1.54) is 12.1 Å². The molecule has 20 heavy (non-hydrogen) atoms. The second-order valence-corrected chi connectivity index (χ2v) is 5.19. The number of benzene rings is 2. The van der Waals surface area contributed by atoms with Crippen molar-refractivity contribution in [3.05, 3.63) is 52.3 Å². The van der Waals surface area contributed by atoms with E-state index in [2.05, 4.69) is 15.9 Å². The molecule has 106 valence electrons. The maximum absolute atomic E-state index is 13.1. The van der Waals surface area contributed by atoms with Gasteiger partial charge in [0, 0.05) is 6.04 Å². The van der Waals surface area contributed by atoms with Crippen LogP contribution in [0.1, 0.15) is 18.5 Å². The van der Waals surface area contributed by atoms with Crippen LogP contribution in [-0.4, -0.2) is 7.11 Å². The molecule has 1 atom stereocenters. The van der Waals surface area contributed by atoms with Gasteiger partial charge in [-0.1, -0.05) is 6.07 Å². The van der Waals surface area contributed by atoms with Crippen LogP contribution in [0.25, 0.3) is 0 Å². The molecule has 0 saturated carbocycles. The fraction of sp³-hybridized carbons (Fsp3) is 0.200. The molecule has 0 bridgehead atoms. The molecule has 0 amide bonds. The summed E-state index contributed by atoms with van der Waals surface area (Å²) in [6.45, 7) is 1.85. The Morgan fingerprint density at radius 1 is 1.15 bits per heavy atom. The first-order valence-electron chi connectivity index (χ1n) is 6.08. The fourth-order valence-electron chi connectivity index (χ4n) is 1.92. The molecule has 2 aromatic carbocycles. The van der Waals surface area contributed by atoms with Gasteiger partial charge in [-0.05, 0) is 53.2 Å². The van der Waals surface area contributed by atoms with Crippen LogP contribution in [-0.2, 0) is 0 Å². The average Bonchev–Trinajstić information content (AvgIpc) is 2.41. The van der Waals surface area contributed by atoms with E-state index in [0.717, 1.165) is 5.56 Å². The topological polar surface area (TPSA) is 44.5 Å². The second kappa shape index (κ2) is 6.24. The highest BCUT2D eigenvalue weighted by Crippen LogP contribution is 2.37. The molecule has 0 aromatic heterocycles. The van der Waals surface area contributed by atoms with Crippen molar-refractivity contribution >= 4 is 15.9 Å². The van der Waals surface area contributed by atoms with E-state index in [0.29, 0.717) is 21.7 Å².